The van der Waals surface area contributed by atoms with Gasteiger partial charge in [-0.2, -0.15) is 0 Å². The van der Waals surface area contributed by atoms with Crippen molar-refractivity contribution in [1.29, 1.82) is 0 Å². The molecule has 0 aromatic heterocycles. The number of rotatable bonds is 3. The molecule has 2 aromatic rings. The number of para-hydroxylation sites is 1. The molecule has 2 aromatic carbocycles. The first-order valence-electron chi connectivity index (χ1n) is 7.14. The molecule has 22 heavy (non-hydrogen) atoms. The second kappa shape index (κ2) is 6.58. The van der Waals surface area contributed by atoms with Gasteiger partial charge >= 0.3 is 0 Å². The Morgan fingerprint density at radius 3 is 2.55 bits per heavy atom. The van der Waals surface area contributed by atoms with Crippen LogP contribution in [0.2, 0.25) is 0 Å². The first-order valence-corrected chi connectivity index (χ1v) is 9.63. The summed E-state index contributed by atoms with van der Waals surface area (Å²) in [4.78, 5) is 1.02. The molecular weight excluding hydrogens is 314 g/mol. The molecule has 0 saturated carbocycles. The summed E-state index contributed by atoms with van der Waals surface area (Å²) >= 11 is 1.71. The SMILES string of the molecule is O=S(=O)(/C=C/c1ccccc1)N1CCCSc2ccccc21. The van der Waals surface area contributed by atoms with Crippen LogP contribution in [0.25, 0.3) is 6.08 Å². The second-order valence-electron chi connectivity index (χ2n) is 5.00. The molecule has 0 N–H and O–H groups in total. The van der Waals surface area contributed by atoms with Crippen LogP contribution >= 0.6 is 11.8 Å². The summed E-state index contributed by atoms with van der Waals surface area (Å²) in [5.41, 5.74) is 1.66. The first-order chi connectivity index (χ1) is 10.7. The number of hydrogen-bond acceptors (Lipinski definition) is 3. The number of fused-ring (bicyclic) bond motifs is 1. The maximum absolute atomic E-state index is 12.7. The zero-order chi connectivity index (χ0) is 15.4. The van der Waals surface area contributed by atoms with Gasteiger partial charge in [-0.25, -0.2) is 8.42 Å². The van der Waals surface area contributed by atoms with Crippen LogP contribution in [0.15, 0.2) is 64.9 Å². The number of sulfonamides is 1. The highest BCUT2D eigenvalue weighted by Gasteiger charge is 2.24. The minimum absolute atomic E-state index is 0.519. The third-order valence-corrected chi connectivity index (χ3v) is 6.06. The minimum atomic E-state index is -3.48. The predicted molar refractivity (Wildman–Crippen MR) is 93.5 cm³/mol. The second-order valence-corrected chi connectivity index (χ2v) is 7.88. The molecule has 1 heterocycles. The lowest BCUT2D eigenvalue weighted by molar-refractivity contribution is 0.599. The fourth-order valence-corrected chi connectivity index (χ4v) is 4.71. The van der Waals surface area contributed by atoms with Gasteiger partial charge in [0.05, 0.1) is 11.1 Å². The van der Waals surface area contributed by atoms with Crippen molar-refractivity contribution in [3.63, 3.8) is 0 Å². The van der Waals surface area contributed by atoms with Gasteiger partial charge in [0.2, 0.25) is 0 Å². The van der Waals surface area contributed by atoms with Crippen molar-refractivity contribution in [3.05, 3.63) is 65.6 Å². The molecule has 0 bridgehead atoms. The van der Waals surface area contributed by atoms with Crippen LogP contribution in [0.3, 0.4) is 0 Å². The predicted octanol–water partition coefficient (Wildman–Crippen LogP) is 3.99. The number of nitrogens with zero attached hydrogens (tertiary/aromatic N) is 1. The topological polar surface area (TPSA) is 37.4 Å². The Labute approximate surface area is 135 Å². The van der Waals surface area contributed by atoms with Gasteiger partial charge < -0.3 is 0 Å². The maximum Gasteiger partial charge on any atom is 0.257 e. The molecule has 3 nitrogen and oxygen atoms in total. The standard InChI is InChI=1S/C17H17NO2S2/c19-22(20,14-11-15-7-2-1-3-8-15)18-12-6-13-21-17-10-5-4-9-16(17)18/h1-5,7-11,14H,6,12-13H2/b14-11+. The summed E-state index contributed by atoms with van der Waals surface area (Å²) in [6.45, 7) is 0.519. The minimum Gasteiger partial charge on any atom is -0.266 e. The van der Waals surface area contributed by atoms with E-state index in [1.54, 1.807) is 17.8 Å². The van der Waals surface area contributed by atoms with Gasteiger partial charge in [-0.1, -0.05) is 42.5 Å². The average Bonchev–Trinajstić information content (AvgIpc) is 2.77. The Bertz CT molecular complexity index is 770. The van der Waals surface area contributed by atoms with Crippen molar-refractivity contribution in [1.82, 2.24) is 0 Å². The van der Waals surface area contributed by atoms with E-state index in [2.05, 4.69) is 0 Å². The highest BCUT2D eigenvalue weighted by molar-refractivity contribution is 7.99. The van der Waals surface area contributed by atoms with E-state index in [0.717, 1.165) is 28.3 Å². The molecule has 3 rings (SSSR count). The van der Waals surface area contributed by atoms with Crippen LogP contribution in [0.4, 0.5) is 5.69 Å². The summed E-state index contributed by atoms with van der Waals surface area (Å²) in [7, 11) is -3.48. The molecule has 0 aliphatic carbocycles. The van der Waals surface area contributed by atoms with Crippen molar-refractivity contribution < 1.29 is 8.42 Å². The molecule has 0 atom stereocenters. The smallest absolute Gasteiger partial charge is 0.257 e. The van der Waals surface area contributed by atoms with E-state index in [0.29, 0.717) is 6.54 Å². The lowest BCUT2D eigenvalue weighted by Gasteiger charge is -2.22. The number of benzene rings is 2. The van der Waals surface area contributed by atoms with Crippen LogP contribution in [0.5, 0.6) is 0 Å². The van der Waals surface area contributed by atoms with Gasteiger partial charge in [-0.3, -0.25) is 4.31 Å². The molecule has 0 fully saturated rings. The molecule has 0 amide bonds. The van der Waals surface area contributed by atoms with E-state index in [1.807, 2.05) is 54.6 Å². The summed E-state index contributed by atoms with van der Waals surface area (Å²) in [5.74, 6) is 0.936. The van der Waals surface area contributed by atoms with E-state index in [1.165, 1.54) is 9.71 Å². The molecule has 5 heteroatoms. The molecule has 0 radical (unpaired) electrons. The number of hydrogen-bond donors (Lipinski definition) is 0. The summed E-state index contributed by atoms with van der Waals surface area (Å²) in [5, 5.41) is 1.30. The Morgan fingerprint density at radius 2 is 1.73 bits per heavy atom. The van der Waals surface area contributed by atoms with Gasteiger partial charge in [-0.05, 0) is 35.9 Å². The van der Waals surface area contributed by atoms with E-state index in [9.17, 15) is 8.42 Å². The van der Waals surface area contributed by atoms with Gasteiger partial charge in [0.15, 0.2) is 0 Å². The van der Waals surface area contributed by atoms with Crippen molar-refractivity contribution in [3.8, 4) is 0 Å². The molecule has 1 aliphatic rings. The lowest BCUT2D eigenvalue weighted by atomic mass is 10.2. The van der Waals surface area contributed by atoms with E-state index < -0.39 is 10.0 Å². The van der Waals surface area contributed by atoms with E-state index in [-0.39, 0.29) is 0 Å². The lowest BCUT2D eigenvalue weighted by Crippen LogP contribution is -2.30. The van der Waals surface area contributed by atoms with Crippen LogP contribution in [0.1, 0.15) is 12.0 Å². The van der Waals surface area contributed by atoms with Crippen LogP contribution in [0, 0.1) is 0 Å². The summed E-state index contributed by atoms with van der Waals surface area (Å²) in [6.07, 6.45) is 2.49. The van der Waals surface area contributed by atoms with Crippen molar-refractivity contribution >= 4 is 33.5 Å². The van der Waals surface area contributed by atoms with Crippen molar-refractivity contribution in [2.45, 2.75) is 11.3 Å². The quantitative estimate of drug-likeness (QED) is 0.853. The Hall–Kier alpha value is -1.72. The van der Waals surface area contributed by atoms with Gasteiger partial charge in [-0.15, -0.1) is 11.8 Å². The highest BCUT2D eigenvalue weighted by atomic mass is 32.2. The number of anilines is 1. The molecule has 0 spiro atoms. The normalized spacial score (nSPS) is 15.5. The van der Waals surface area contributed by atoms with Crippen LogP contribution in [-0.2, 0) is 10.0 Å². The van der Waals surface area contributed by atoms with Crippen molar-refractivity contribution in [2.24, 2.45) is 0 Å². The Balaban J connectivity index is 1.93. The maximum atomic E-state index is 12.7. The van der Waals surface area contributed by atoms with Gasteiger partial charge in [0, 0.05) is 11.4 Å². The van der Waals surface area contributed by atoms with Gasteiger partial charge in [0.25, 0.3) is 10.0 Å². The Morgan fingerprint density at radius 1 is 1.00 bits per heavy atom. The molecule has 0 unspecified atom stereocenters. The molecule has 1 aliphatic heterocycles. The summed E-state index contributed by atoms with van der Waals surface area (Å²) in [6, 6.07) is 17.2. The van der Waals surface area contributed by atoms with Crippen LogP contribution < -0.4 is 4.31 Å². The summed E-state index contributed by atoms with van der Waals surface area (Å²) < 4.78 is 26.9. The zero-order valence-corrected chi connectivity index (χ0v) is 13.7. The molecular formula is C17H17NO2S2. The van der Waals surface area contributed by atoms with Crippen LogP contribution in [-0.4, -0.2) is 20.7 Å². The molecule has 0 saturated heterocycles. The highest BCUT2D eigenvalue weighted by Crippen LogP contribution is 2.35. The largest absolute Gasteiger partial charge is 0.266 e. The van der Waals surface area contributed by atoms with Gasteiger partial charge in [0.1, 0.15) is 0 Å². The van der Waals surface area contributed by atoms with E-state index in [4.69, 9.17) is 0 Å². The fourth-order valence-electron chi connectivity index (χ4n) is 2.36. The molecule has 114 valence electrons. The average molecular weight is 331 g/mol. The monoisotopic (exact) mass is 331 g/mol. The third kappa shape index (κ3) is 3.36. The zero-order valence-electron chi connectivity index (χ0n) is 12.1. The first kappa shape index (κ1) is 15.2. The Kier molecular flexibility index (Phi) is 4.55. The van der Waals surface area contributed by atoms with E-state index >= 15 is 0 Å². The number of thioether (sulfide) groups is 1. The van der Waals surface area contributed by atoms with Crippen molar-refractivity contribution in [2.75, 3.05) is 16.6 Å². The fraction of sp³-hybridized carbons (Fsp3) is 0.176. The third-order valence-electron chi connectivity index (χ3n) is 3.44.